The van der Waals surface area contributed by atoms with Crippen LogP contribution in [0.5, 0.6) is 5.75 Å². The lowest BCUT2D eigenvalue weighted by Crippen LogP contribution is -2.46. The Morgan fingerprint density at radius 3 is 2.76 bits per heavy atom. The second kappa shape index (κ2) is 4.65. The quantitative estimate of drug-likeness (QED) is 0.844. The van der Waals surface area contributed by atoms with Crippen molar-refractivity contribution in [2.75, 3.05) is 33.8 Å². The van der Waals surface area contributed by atoms with E-state index in [1.165, 1.54) is 4.90 Å². The fourth-order valence-corrected chi connectivity index (χ4v) is 3.27. The molecule has 0 spiro atoms. The van der Waals surface area contributed by atoms with Crippen molar-refractivity contribution < 1.29 is 19.4 Å². The van der Waals surface area contributed by atoms with Crippen molar-refractivity contribution >= 4 is 12.0 Å². The second-order valence-electron chi connectivity index (χ2n) is 5.90. The van der Waals surface area contributed by atoms with Crippen LogP contribution in [-0.2, 0) is 4.79 Å². The Labute approximate surface area is 122 Å². The Bertz CT molecular complexity index is 601. The number of fused-ring (bicyclic) bond motifs is 3. The third-order valence-corrected chi connectivity index (χ3v) is 4.40. The lowest BCUT2D eigenvalue weighted by atomic mass is 9.73. The molecule has 2 heterocycles. The summed E-state index contributed by atoms with van der Waals surface area (Å²) in [6.07, 6.45) is 0. The molecule has 2 aliphatic heterocycles. The van der Waals surface area contributed by atoms with Gasteiger partial charge in [0.15, 0.2) is 0 Å². The molecule has 2 amide bonds. The molecular formula is C15H18N2O4. The zero-order valence-electron chi connectivity index (χ0n) is 12.1. The maximum Gasteiger partial charge on any atom is 0.319 e. The predicted octanol–water partition coefficient (Wildman–Crippen LogP) is 1.23. The van der Waals surface area contributed by atoms with Gasteiger partial charge in [-0.2, -0.15) is 0 Å². The van der Waals surface area contributed by atoms with Gasteiger partial charge >= 0.3 is 12.0 Å². The first-order valence-corrected chi connectivity index (χ1v) is 6.87. The molecule has 112 valence electrons. The summed E-state index contributed by atoms with van der Waals surface area (Å²) in [5.74, 6) is -0.418. The molecule has 6 heteroatoms. The first-order valence-electron chi connectivity index (χ1n) is 6.87. The van der Waals surface area contributed by atoms with Crippen molar-refractivity contribution in [1.82, 2.24) is 9.80 Å². The monoisotopic (exact) mass is 290 g/mol. The fraction of sp³-hybridized carbons (Fsp3) is 0.467. The highest BCUT2D eigenvalue weighted by Crippen LogP contribution is 2.49. The molecule has 0 saturated carbocycles. The number of urea groups is 1. The van der Waals surface area contributed by atoms with E-state index in [0.717, 1.165) is 11.3 Å². The smallest absolute Gasteiger partial charge is 0.319 e. The Kier molecular flexibility index (Phi) is 3.04. The first kappa shape index (κ1) is 13.7. The number of carboxylic acids is 1. The summed E-state index contributed by atoms with van der Waals surface area (Å²) in [6, 6.07) is 7.31. The number of nitrogens with zero attached hydrogens (tertiary/aromatic N) is 2. The van der Waals surface area contributed by atoms with Gasteiger partial charge in [0.25, 0.3) is 0 Å². The Morgan fingerprint density at radius 2 is 2.10 bits per heavy atom. The molecule has 21 heavy (non-hydrogen) atoms. The van der Waals surface area contributed by atoms with Crippen LogP contribution in [0.3, 0.4) is 0 Å². The molecule has 3 rings (SSSR count). The van der Waals surface area contributed by atoms with Crippen molar-refractivity contribution in [2.24, 2.45) is 5.41 Å². The molecule has 1 saturated heterocycles. The zero-order valence-corrected chi connectivity index (χ0v) is 12.1. The molecule has 1 N–H and O–H groups in total. The molecule has 0 bridgehead atoms. The normalized spacial score (nSPS) is 26.6. The van der Waals surface area contributed by atoms with E-state index in [0.29, 0.717) is 6.54 Å². The molecule has 1 aromatic rings. The molecular weight excluding hydrogens is 272 g/mol. The van der Waals surface area contributed by atoms with Crippen LogP contribution >= 0.6 is 0 Å². The third-order valence-electron chi connectivity index (χ3n) is 4.40. The SMILES string of the molecule is CN(C)C(=O)N1C[C@@H]2c3ccccc3OC[C@]2(C(=O)O)C1. The Morgan fingerprint density at radius 1 is 1.38 bits per heavy atom. The molecule has 2 aliphatic rings. The molecule has 1 fully saturated rings. The number of aliphatic carboxylic acids is 1. The highest BCUT2D eigenvalue weighted by Gasteiger charge is 2.57. The number of amides is 2. The fourth-order valence-electron chi connectivity index (χ4n) is 3.27. The van der Waals surface area contributed by atoms with Crippen LogP contribution in [0.15, 0.2) is 24.3 Å². The van der Waals surface area contributed by atoms with Crippen molar-refractivity contribution in [3.8, 4) is 5.75 Å². The average Bonchev–Trinajstić information content (AvgIpc) is 2.87. The number of hydrogen-bond donors (Lipinski definition) is 1. The van der Waals surface area contributed by atoms with Gasteiger partial charge in [-0.3, -0.25) is 4.79 Å². The molecule has 0 unspecified atom stereocenters. The summed E-state index contributed by atoms with van der Waals surface area (Å²) in [7, 11) is 3.34. The number of rotatable bonds is 1. The van der Waals surface area contributed by atoms with Crippen LogP contribution in [0.1, 0.15) is 11.5 Å². The van der Waals surface area contributed by atoms with Crippen LogP contribution in [-0.4, -0.2) is 60.7 Å². The van der Waals surface area contributed by atoms with E-state index in [9.17, 15) is 14.7 Å². The van der Waals surface area contributed by atoms with E-state index >= 15 is 0 Å². The number of carboxylic acid groups (broad SMARTS) is 1. The maximum atomic E-state index is 12.2. The standard InChI is InChI=1S/C15H18N2O4/c1-16(2)14(20)17-7-11-10-5-3-4-6-12(10)21-9-15(11,8-17)13(18)19/h3-6,11H,7-9H2,1-2H3,(H,18,19)/t11-,15-/m1/s1. The van der Waals surface area contributed by atoms with Gasteiger partial charge in [-0.1, -0.05) is 18.2 Å². The summed E-state index contributed by atoms with van der Waals surface area (Å²) in [5, 5.41) is 9.73. The number of para-hydroxylation sites is 1. The molecule has 6 nitrogen and oxygen atoms in total. The van der Waals surface area contributed by atoms with Crippen LogP contribution in [0.25, 0.3) is 0 Å². The van der Waals surface area contributed by atoms with Crippen molar-refractivity contribution in [3.05, 3.63) is 29.8 Å². The summed E-state index contributed by atoms with van der Waals surface area (Å²) in [5.41, 5.74) is -0.180. The highest BCUT2D eigenvalue weighted by molar-refractivity contribution is 5.82. The number of carbonyl (C=O) groups is 2. The molecule has 0 aliphatic carbocycles. The minimum atomic E-state index is -1.06. The lowest BCUT2D eigenvalue weighted by molar-refractivity contribution is -0.151. The third kappa shape index (κ3) is 1.93. The van der Waals surface area contributed by atoms with E-state index < -0.39 is 11.4 Å². The van der Waals surface area contributed by atoms with Crippen molar-refractivity contribution in [3.63, 3.8) is 0 Å². The second-order valence-corrected chi connectivity index (χ2v) is 5.90. The lowest BCUT2D eigenvalue weighted by Gasteiger charge is -2.35. The summed E-state index contributed by atoms with van der Waals surface area (Å²) >= 11 is 0. The van der Waals surface area contributed by atoms with Gasteiger partial charge in [0, 0.05) is 38.7 Å². The Balaban J connectivity index is 2.02. The molecule has 0 radical (unpaired) electrons. The van der Waals surface area contributed by atoms with E-state index in [-0.39, 0.29) is 25.1 Å². The number of hydrogen-bond acceptors (Lipinski definition) is 3. The van der Waals surface area contributed by atoms with Gasteiger partial charge in [-0.25, -0.2) is 4.79 Å². The minimum absolute atomic E-state index is 0.0984. The summed E-state index contributed by atoms with van der Waals surface area (Å²) in [4.78, 5) is 27.1. The van der Waals surface area contributed by atoms with Gasteiger partial charge in [0.2, 0.25) is 0 Å². The van der Waals surface area contributed by atoms with Gasteiger partial charge < -0.3 is 19.6 Å². The zero-order chi connectivity index (χ0) is 15.2. The maximum absolute atomic E-state index is 12.2. The average molecular weight is 290 g/mol. The van der Waals surface area contributed by atoms with Crippen LogP contribution < -0.4 is 4.74 Å². The van der Waals surface area contributed by atoms with Gasteiger partial charge in [-0.05, 0) is 6.07 Å². The molecule has 1 aromatic carbocycles. The van der Waals surface area contributed by atoms with Gasteiger partial charge in [0.05, 0.1) is 0 Å². The van der Waals surface area contributed by atoms with Crippen LogP contribution in [0, 0.1) is 5.41 Å². The Hall–Kier alpha value is -2.24. The molecule has 2 atom stereocenters. The van der Waals surface area contributed by atoms with Crippen LogP contribution in [0.2, 0.25) is 0 Å². The van der Waals surface area contributed by atoms with E-state index in [1.54, 1.807) is 19.0 Å². The summed E-state index contributed by atoms with van der Waals surface area (Å²) in [6.45, 7) is 0.684. The van der Waals surface area contributed by atoms with Crippen molar-refractivity contribution in [1.29, 1.82) is 0 Å². The number of ether oxygens (including phenoxy) is 1. The summed E-state index contributed by atoms with van der Waals surface area (Å²) < 4.78 is 5.66. The van der Waals surface area contributed by atoms with Gasteiger partial charge in [-0.15, -0.1) is 0 Å². The number of benzene rings is 1. The topological polar surface area (TPSA) is 70.1 Å². The first-order chi connectivity index (χ1) is 9.95. The van der Waals surface area contributed by atoms with E-state index in [1.807, 2.05) is 24.3 Å². The number of carbonyl (C=O) groups excluding carboxylic acids is 1. The van der Waals surface area contributed by atoms with Gasteiger partial charge in [0.1, 0.15) is 17.8 Å². The van der Waals surface area contributed by atoms with E-state index in [4.69, 9.17) is 4.74 Å². The molecule has 0 aromatic heterocycles. The highest BCUT2D eigenvalue weighted by atomic mass is 16.5. The van der Waals surface area contributed by atoms with Crippen LogP contribution in [0.4, 0.5) is 4.79 Å². The van der Waals surface area contributed by atoms with E-state index in [2.05, 4.69) is 0 Å². The predicted molar refractivity (Wildman–Crippen MR) is 75.4 cm³/mol. The largest absolute Gasteiger partial charge is 0.492 e. The number of likely N-dealkylation sites (tertiary alicyclic amines) is 1. The minimum Gasteiger partial charge on any atom is -0.492 e. The van der Waals surface area contributed by atoms with Crippen molar-refractivity contribution in [2.45, 2.75) is 5.92 Å².